The van der Waals surface area contributed by atoms with E-state index < -0.39 is 17.5 Å². The van der Waals surface area contributed by atoms with Gasteiger partial charge in [-0.25, -0.2) is 0 Å². The number of halogens is 3. The number of aliphatic hydroxyl groups is 1. The average Bonchev–Trinajstić information content (AvgIpc) is 1.86. The number of hydrogen-bond donors (Lipinski definition) is 1. The van der Waals surface area contributed by atoms with E-state index in [1.807, 2.05) is 0 Å². The van der Waals surface area contributed by atoms with E-state index in [-0.39, 0.29) is 6.42 Å². The molecule has 1 heterocycles. The molecule has 1 nitrogen and oxygen atoms in total. The van der Waals surface area contributed by atoms with Crippen LogP contribution in [-0.2, 0) is 0 Å². The smallest absolute Gasteiger partial charge is 0.382 e. The summed E-state index contributed by atoms with van der Waals surface area (Å²) in [6, 6.07) is 0. The topological polar surface area (TPSA) is 20.2 Å². The molecule has 0 spiro atoms. The summed E-state index contributed by atoms with van der Waals surface area (Å²) in [5.74, 6) is -0.880. The molecule has 0 saturated carbocycles. The third kappa shape index (κ3) is 2.27. The van der Waals surface area contributed by atoms with Crippen molar-refractivity contribution >= 4 is 11.8 Å². The summed E-state index contributed by atoms with van der Waals surface area (Å²) < 4.78 is 36.1. The van der Waals surface area contributed by atoms with E-state index >= 15 is 0 Å². The van der Waals surface area contributed by atoms with E-state index in [1.54, 1.807) is 0 Å². The number of rotatable bonds is 0. The van der Waals surface area contributed by atoms with Crippen molar-refractivity contribution in [2.45, 2.75) is 24.5 Å². The van der Waals surface area contributed by atoms with Gasteiger partial charge in [-0.3, -0.25) is 0 Å². The number of alkyl halides is 3. The van der Waals surface area contributed by atoms with Gasteiger partial charge in [0.15, 0.2) is 0 Å². The van der Waals surface area contributed by atoms with Crippen LogP contribution in [0.1, 0.15) is 12.8 Å². The van der Waals surface area contributed by atoms with Gasteiger partial charge in [0.05, 0.1) is 5.92 Å². The van der Waals surface area contributed by atoms with Crippen LogP contribution in [0.15, 0.2) is 0 Å². The lowest BCUT2D eigenvalue weighted by molar-refractivity contribution is -0.191. The largest absolute Gasteiger partial charge is 0.395 e. The Hall–Kier alpha value is 0.100. The molecule has 1 aliphatic heterocycles. The summed E-state index contributed by atoms with van der Waals surface area (Å²) in [4.78, 5) is 0. The van der Waals surface area contributed by atoms with Gasteiger partial charge in [-0.05, 0) is 18.6 Å². The van der Waals surface area contributed by atoms with Crippen LogP contribution >= 0.6 is 11.8 Å². The van der Waals surface area contributed by atoms with E-state index in [2.05, 4.69) is 0 Å². The Labute approximate surface area is 67.0 Å². The Balaban J connectivity index is 2.55. The van der Waals surface area contributed by atoms with Gasteiger partial charge in [-0.1, -0.05) is 0 Å². The van der Waals surface area contributed by atoms with Gasteiger partial charge in [0.25, 0.3) is 0 Å². The van der Waals surface area contributed by atoms with Crippen molar-refractivity contribution in [1.29, 1.82) is 0 Å². The van der Waals surface area contributed by atoms with Gasteiger partial charge in [-0.2, -0.15) is 13.2 Å². The van der Waals surface area contributed by atoms with Gasteiger partial charge < -0.3 is 5.11 Å². The van der Waals surface area contributed by atoms with Crippen LogP contribution in [0.5, 0.6) is 0 Å². The van der Waals surface area contributed by atoms with Crippen molar-refractivity contribution in [3.63, 3.8) is 0 Å². The van der Waals surface area contributed by atoms with Crippen LogP contribution in [0.4, 0.5) is 13.2 Å². The lowest BCUT2D eigenvalue weighted by atomic mass is 10.0. The molecule has 1 rings (SSSR count). The molecule has 1 fully saturated rings. The molecular formula is C6H9F3OS. The second-order valence-electron chi connectivity index (χ2n) is 2.55. The van der Waals surface area contributed by atoms with Crippen LogP contribution in [0, 0.1) is 5.92 Å². The van der Waals surface area contributed by atoms with Crippen molar-refractivity contribution in [1.82, 2.24) is 0 Å². The lowest BCUT2D eigenvalue weighted by Gasteiger charge is -2.28. The van der Waals surface area contributed by atoms with E-state index in [4.69, 9.17) is 5.11 Å². The fourth-order valence-corrected chi connectivity index (χ4v) is 2.19. The normalized spacial score (nSPS) is 33.8. The van der Waals surface area contributed by atoms with Crippen molar-refractivity contribution in [2.24, 2.45) is 5.92 Å². The Morgan fingerprint density at radius 1 is 1.36 bits per heavy atom. The highest BCUT2D eigenvalue weighted by atomic mass is 32.2. The molecule has 0 amide bonds. The standard InChI is InChI=1S/C6H9F3OS/c7-6(8,9)4-2-1-3-11-5(4)10/h4-5,10H,1-3H2. The number of thioether (sulfide) groups is 1. The predicted octanol–water partition coefficient (Wildman–Crippen LogP) is 2.01. The highest BCUT2D eigenvalue weighted by molar-refractivity contribution is 7.99. The van der Waals surface area contributed by atoms with Crippen molar-refractivity contribution in [3.05, 3.63) is 0 Å². The first-order valence-electron chi connectivity index (χ1n) is 3.38. The van der Waals surface area contributed by atoms with Gasteiger partial charge in [0.1, 0.15) is 5.44 Å². The summed E-state index contributed by atoms with van der Waals surface area (Å²) in [5.41, 5.74) is -1.25. The third-order valence-corrected chi connectivity index (χ3v) is 2.91. The zero-order valence-electron chi connectivity index (χ0n) is 5.77. The van der Waals surface area contributed by atoms with Crippen LogP contribution in [0.3, 0.4) is 0 Å². The fourth-order valence-electron chi connectivity index (χ4n) is 1.09. The Morgan fingerprint density at radius 3 is 2.36 bits per heavy atom. The van der Waals surface area contributed by atoms with Crippen molar-refractivity contribution in [2.75, 3.05) is 5.75 Å². The Bertz CT molecular complexity index is 136. The second kappa shape index (κ2) is 3.23. The van der Waals surface area contributed by atoms with Crippen molar-refractivity contribution < 1.29 is 18.3 Å². The molecule has 2 atom stereocenters. The maximum Gasteiger partial charge on any atom is 0.395 e. The fraction of sp³-hybridized carbons (Fsp3) is 1.00. The molecule has 1 N–H and O–H groups in total. The molecule has 2 unspecified atom stereocenters. The lowest BCUT2D eigenvalue weighted by Crippen LogP contribution is -2.34. The molecule has 0 aromatic carbocycles. The van der Waals surface area contributed by atoms with E-state index in [0.29, 0.717) is 12.2 Å². The Kier molecular flexibility index (Phi) is 2.70. The summed E-state index contributed by atoms with van der Waals surface area (Å²) in [6.45, 7) is 0. The van der Waals surface area contributed by atoms with Crippen LogP contribution in [0.25, 0.3) is 0 Å². The van der Waals surface area contributed by atoms with Gasteiger partial charge in [0.2, 0.25) is 0 Å². The molecule has 0 aromatic rings. The van der Waals surface area contributed by atoms with E-state index in [1.165, 1.54) is 0 Å². The van der Waals surface area contributed by atoms with E-state index in [9.17, 15) is 13.2 Å². The van der Waals surface area contributed by atoms with Gasteiger partial charge >= 0.3 is 6.18 Å². The molecule has 1 saturated heterocycles. The first kappa shape index (κ1) is 9.19. The highest BCUT2D eigenvalue weighted by Gasteiger charge is 2.45. The summed E-state index contributed by atoms with van der Waals surface area (Å²) >= 11 is 0.989. The summed E-state index contributed by atoms with van der Waals surface area (Å²) in [5, 5.41) is 8.95. The van der Waals surface area contributed by atoms with Crippen molar-refractivity contribution in [3.8, 4) is 0 Å². The molecule has 0 aromatic heterocycles. The number of hydrogen-bond acceptors (Lipinski definition) is 2. The maximum atomic E-state index is 12.0. The monoisotopic (exact) mass is 186 g/mol. The molecule has 66 valence electrons. The van der Waals surface area contributed by atoms with Crippen LogP contribution in [-0.4, -0.2) is 22.5 Å². The maximum absolute atomic E-state index is 12.0. The predicted molar refractivity (Wildman–Crippen MR) is 37.2 cm³/mol. The number of aliphatic hydroxyl groups excluding tert-OH is 1. The highest BCUT2D eigenvalue weighted by Crippen LogP contribution is 2.39. The van der Waals surface area contributed by atoms with Crippen LogP contribution in [0.2, 0.25) is 0 Å². The van der Waals surface area contributed by atoms with Gasteiger partial charge in [0, 0.05) is 0 Å². The molecule has 11 heavy (non-hydrogen) atoms. The summed E-state index contributed by atoms with van der Waals surface area (Å²) in [6.07, 6.45) is -3.61. The third-order valence-electron chi connectivity index (χ3n) is 1.71. The average molecular weight is 186 g/mol. The molecule has 1 aliphatic rings. The molecule has 0 radical (unpaired) electrons. The van der Waals surface area contributed by atoms with E-state index in [0.717, 1.165) is 11.8 Å². The molecular weight excluding hydrogens is 177 g/mol. The zero-order valence-corrected chi connectivity index (χ0v) is 6.58. The summed E-state index contributed by atoms with van der Waals surface area (Å²) in [7, 11) is 0. The minimum atomic E-state index is -4.23. The second-order valence-corrected chi connectivity index (χ2v) is 3.78. The first-order chi connectivity index (χ1) is 5.02. The molecule has 0 aliphatic carbocycles. The minimum absolute atomic E-state index is 0.0671. The molecule has 5 heteroatoms. The van der Waals surface area contributed by atoms with Crippen LogP contribution < -0.4 is 0 Å². The molecule has 0 bridgehead atoms. The SMILES string of the molecule is OC1SCCCC1C(F)(F)F. The van der Waals surface area contributed by atoms with Gasteiger partial charge in [-0.15, -0.1) is 11.8 Å². The Morgan fingerprint density at radius 2 is 2.00 bits per heavy atom. The zero-order chi connectivity index (χ0) is 8.48. The quantitative estimate of drug-likeness (QED) is 0.624. The first-order valence-corrected chi connectivity index (χ1v) is 4.43. The minimum Gasteiger partial charge on any atom is -0.382 e.